The largest absolute Gasteiger partial charge is 0.493 e. The quantitative estimate of drug-likeness (QED) is 0.533. The second-order valence-corrected chi connectivity index (χ2v) is 9.92. The van der Waals surface area contributed by atoms with Crippen LogP contribution in [0.1, 0.15) is 36.1 Å². The number of likely N-dealkylation sites (tertiary alicyclic amines) is 1. The van der Waals surface area contributed by atoms with Gasteiger partial charge >= 0.3 is 6.01 Å². The minimum atomic E-state index is 0.0941. The van der Waals surface area contributed by atoms with Crippen molar-refractivity contribution in [1.82, 2.24) is 29.8 Å². The second-order valence-electron chi connectivity index (χ2n) is 9.92. The van der Waals surface area contributed by atoms with Crippen molar-refractivity contribution in [2.45, 2.75) is 44.2 Å². The van der Waals surface area contributed by atoms with Gasteiger partial charge in [-0.3, -0.25) is 0 Å². The molecule has 2 atom stereocenters. The minimum absolute atomic E-state index is 0.0941. The fraction of sp³-hybridized carbons (Fsp3) is 0.538. The van der Waals surface area contributed by atoms with Crippen LogP contribution in [0.3, 0.4) is 0 Å². The molecule has 36 heavy (non-hydrogen) atoms. The first-order valence-corrected chi connectivity index (χ1v) is 12.9. The lowest BCUT2D eigenvalue weighted by Gasteiger charge is -2.33. The molecule has 0 saturated carbocycles. The summed E-state index contributed by atoms with van der Waals surface area (Å²) in [6.07, 6.45) is 6.28. The van der Waals surface area contributed by atoms with E-state index in [2.05, 4.69) is 34.3 Å². The third-order valence-corrected chi connectivity index (χ3v) is 7.58. The summed E-state index contributed by atoms with van der Waals surface area (Å²) in [4.78, 5) is 14.1. The number of piperazine rings is 1. The van der Waals surface area contributed by atoms with Crippen LogP contribution in [-0.2, 0) is 12.8 Å². The summed E-state index contributed by atoms with van der Waals surface area (Å²) < 4.78 is 13.9. The Morgan fingerprint density at radius 1 is 1.31 bits per heavy atom. The molecule has 2 unspecified atom stereocenters. The third kappa shape index (κ3) is 4.45. The first-order valence-electron chi connectivity index (χ1n) is 12.9. The SMILES string of the molecule is CN1CCCC1COc1nc(N2CCNC(CC#N)C2)c2ncc(Cc3cccc4c3CCO4)n2n1. The van der Waals surface area contributed by atoms with Crippen LogP contribution in [0.4, 0.5) is 5.82 Å². The molecular weight excluding hydrogens is 456 g/mol. The Morgan fingerprint density at radius 2 is 2.25 bits per heavy atom. The lowest BCUT2D eigenvalue weighted by molar-refractivity contribution is 0.185. The number of likely N-dealkylation sites (N-methyl/N-ethyl adjacent to an activating group) is 1. The number of hydrogen-bond acceptors (Lipinski definition) is 9. The van der Waals surface area contributed by atoms with Crippen molar-refractivity contribution in [3.8, 4) is 17.8 Å². The number of aromatic nitrogens is 4. The number of rotatable bonds is 7. The predicted molar refractivity (Wildman–Crippen MR) is 135 cm³/mol. The van der Waals surface area contributed by atoms with Crippen LogP contribution in [0.25, 0.3) is 5.65 Å². The summed E-state index contributed by atoms with van der Waals surface area (Å²) in [7, 11) is 2.14. The van der Waals surface area contributed by atoms with Crippen molar-refractivity contribution in [2.75, 3.05) is 51.3 Å². The summed E-state index contributed by atoms with van der Waals surface area (Å²) in [5.41, 5.74) is 4.21. The van der Waals surface area contributed by atoms with Gasteiger partial charge in [-0.1, -0.05) is 12.1 Å². The molecule has 10 nitrogen and oxygen atoms in total. The van der Waals surface area contributed by atoms with Crippen molar-refractivity contribution in [1.29, 1.82) is 5.26 Å². The maximum atomic E-state index is 9.21. The van der Waals surface area contributed by atoms with E-state index in [9.17, 15) is 5.26 Å². The number of nitriles is 1. The van der Waals surface area contributed by atoms with Gasteiger partial charge < -0.3 is 24.6 Å². The molecule has 0 radical (unpaired) electrons. The molecule has 2 saturated heterocycles. The number of hydrogen-bond donors (Lipinski definition) is 1. The first-order chi connectivity index (χ1) is 17.7. The number of ether oxygens (including phenoxy) is 2. The average molecular weight is 489 g/mol. The minimum Gasteiger partial charge on any atom is -0.493 e. The van der Waals surface area contributed by atoms with Gasteiger partial charge in [0.2, 0.25) is 0 Å². The summed E-state index contributed by atoms with van der Waals surface area (Å²) in [6.45, 7) is 4.65. The molecule has 1 N–H and O–H groups in total. The van der Waals surface area contributed by atoms with Gasteiger partial charge in [0, 0.05) is 50.1 Å². The number of benzene rings is 1. The van der Waals surface area contributed by atoms with Crippen molar-refractivity contribution in [3.05, 3.63) is 41.2 Å². The van der Waals surface area contributed by atoms with Crippen molar-refractivity contribution < 1.29 is 9.47 Å². The lowest BCUT2D eigenvalue weighted by atomic mass is 10.0. The summed E-state index contributed by atoms with van der Waals surface area (Å²) >= 11 is 0. The van der Waals surface area contributed by atoms with E-state index in [-0.39, 0.29) is 6.04 Å². The van der Waals surface area contributed by atoms with E-state index in [0.717, 1.165) is 62.0 Å². The number of nitrogens with zero attached hydrogens (tertiary/aromatic N) is 7. The van der Waals surface area contributed by atoms with E-state index >= 15 is 0 Å². The fourth-order valence-corrected chi connectivity index (χ4v) is 5.57. The molecule has 0 aliphatic carbocycles. The van der Waals surface area contributed by atoms with Crippen molar-refractivity contribution in [2.24, 2.45) is 0 Å². The van der Waals surface area contributed by atoms with Crippen molar-refractivity contribution in [3.63, 3.8) is 0 Å². The molecule has 10 heteroatoms. The van der Waals surface area contributed by atoms with E-state index < -0.39 is 0 Å². The standard InChI is InChI=1S/C26H32N8O2/c1-32-11-3-5-20(32)17-36-26-30-25(33-12-10-28-19(16-33)7-9-27)24-29-15-21(34(24)31-26)14-18-4-2-6-23-22(18)8-13-35-23/h2,4,6,15,19-20,28H,3,5,7-8,10-14,16-17H2,1H3. The van der Waals surface area contributed by atoms with Crippen LogP contribution in [0.2, 0.25) is 0 Å². The molecule has 0 spiro atoms. The van der Waals surface area contributed by atoms with Crippen molar-refractivity contribution >= 4 is 11.5 Å². The Labute approximate surface area is 210 Å². The molecule has 3 aliphatic rings. The molecular formula is C26H32N8O2. The van der Waals surface area contributed by atoms with Gasteiger partial charge in [0.05, 0.1) is 31.0 Å². The first kappa shape index (κ1) is 23.0. The van der Waals surface area contributed by atoms with Gasteiger partial charge in [-0.05, 0) is 38.1 Å². The zero-order chi connectivity index (χ0) is 24.5. The molecule has 6 rings (SSSR count). The van der Waals surface area contributed by atoms with E-state index in [1.807, 2.05) is 22.8 Å². The Kier molecular flexibility index (Phi) is 6.34. The average Bonchev–Trinajstić information content (AvgIpc) is 3.63. The normalized spacial score (nSPS) is 21.9. The Balaban J connectivity index is 1.35. The topological polar surface area (TPSA) is 104 Å². The zero-order valence-corrected chi connectivity index (χ0v) is 20.7. The van der Waals surface area contributed by atoms with Crippen LogP contribution in [-0.4, -0.2) is 83.0 Å². The smallest absolute Gasteiger partial charge is 0.336 e. The molecule has 3 aromatic rings. The highest BCUT2D eigenvalue weighted by atomic mass is 16.5. The van der Waals surface area contributed by atoms with Gasteiger partial charge in [0.15, 0.2) is 11.5 Å². The van der Waals surface area contributed by atoms with Crippen LogP contribution in [0.15, 0.2) is 24.4 Å². The van der Waals surface area contributed by atoms with E-state index in [0.29, 0.717) is 38.0 Å². The highest BCUT2D eigenvalue weighted by Gasteiger charge is 2.27. The Bertz CT molecular complexity index is 1280. The summed E-state index contributed by atoms with van der Waals surface area (Å²) in [5, 5.41) is 17.4. The van der Waals surface area contributed by atoms with E-state index in [1.54, 1.807) is 0 Å². The van der Waals surface area contributed by atoms with Gasteiger partial charge in [0.25, 0.3) is 0 Å². The van der Waals surface area contributed by atoms with Gasteiger partial charge in [-0.15, -0.1) is 5.10 Å². The van der Waals surface area contributed by atoms with Crippen LogP contribution in [0.5, 0.6) is 11.8 Å². The maximum Gasteiger partial charge on any atom is 0.336 e. The molecule has 0 bridgehead atoms. The van der Waals surface area contributed by atoms with Gasteiger partial charge in [-0.2, -0.15) is 10.2 Å². The molecule has 2 fully saturated rings. The monoisotopic (exact) mass is 488 g/mol. The highest BCUT2D eigenvalue weighted by Crippen LogP contribution is 2.30. The molecule has 2 aromatic heterocycles. The number of nitrogens with one attached hydrogen (secondary N) is 1. The van der Waals surface area contributed by atoms with Crippen LogP contribution >= 0.6 is 0 Å². The van der Waals surface area contributed by atoms with Gasteiger partial charge in [-0.25, -0.2) is 9.50 Å². The van der Waals surface area contributed by atoms with Crippen LogP contribution in [0, 0.1) is 11.3 Å². The predicted octanol–water partition coefficient (Wildman–Crippen LogP) is 1.81. The number of anilines is 1. The Hall–Kier alpha value is -3.42. The number of fused-ring (bicyclic) bond motifs is 2. The molecule has 0 amide bonds. The van der Waals surface area contributed by atoms with E-state index in [4.69, 9.17) is 24.5 Å². The maximum absolute atomic E-state index is 9.21. The second kappa shape index (κ2) is 9.91. The highest BCUT2D eigenvalue weighted by molar-refractivity contribution is 5.65. The molecule has 5 heterocycles. The van der Waals surface area contributed by atoms with Crippen LogP contribution < -0.4 is 19.7 Å². The van der Waals surface area contributed by atoms with E-state index in [1.165, 1.54) is 17.5 Å². The molecule has 188 valence electrons. The molecule has 3 aliphatic heterocycles. The zero-order valence-electron chi connectivity index (χ0n) is 20.7. The third-order valence-electron chi connectivity index (χ3n) is 7.58. The fourth-order valence-electron chi connectivity index (χ4n) is 5.57. The summed E-state index contributed by atoms with van der Waals surface area (Å²) in [5.74, 6) is 1.74. The lowest BCUT2D eigenvalue weighted by Crippen LogP contribution is -2.51. The molecule has 1 aromatic carbocycles. The summed E-state index contributed by atoms with van der Waals surface area (Å²) in [6, 6.07) is 9.36. The Morgan fingerprint density at radius 3 is 3.11 bits per heavy atom. The number of imidazole rings is 1. The van der Waals surface area contributed by atoms with Gasteiger partial charge in [0.1, 0.15) is 12.4 Å².